The highest BCUT2D eigenvalue weighted by molar-refractivity contribution is 6.48. The minimum Gasteiger partial charge on any atom is -0.244 e. The Kier molecular flexibility index (Phi) is 4.54. The molecule has 0 saturated heterocycles. The quantitative estimate of drug-likeness (QED) is 0.543. The van der Waals surface area contributed by atoms with Gasteiger partial charge in [0.15, 0.2) is 0 Å². The van der Waals surface area contributed by atoms with E-state index in [0.29, 0.717) is 25.8 Å². The molecular weight excluding hydrogens is 326 g/mol. The fraction of sp³-hybridized carbons (Fsp3) is 0.0769. The van der Waals surface area contributed by atoms with Crippen molar-refractivity contribution in [1.29, 1.82) is 5.26 Å². The molecule has 0 N–H and O–H groups in total. The van der Waals surface area contributed by atoms with E-state index in [4.69, 9.17) is 51.7 Å². The van der Waals surface area contributed by atoms with E-state index >= 15 is 0 Å². The second kappa shape index (κ2) is 5.98. The summed E-state index contributed by atoms with van der Waals surface area (Å²) < 4.78 is 0. The first-order valence-corrected chi connectivity index (χ1v) is 6.70. The lowest BCUT2D eigenvalue weighted by Gasteiger charge is -2.07. The minimum absolute atomic E-state index is 0.189. The largest absolute Gasteiger partial charge is 0.244 e. The van der Waals surface area contributed by atoms with Gasteiger partial charge in [0.05, 0.1) is 27.6 Å². The van der Waals surface area contributed by atoms with Crippen molar-refractivity contribution in [3.63, 3.8) is 0 Å². The zero-order chi connectivity index (χ0) is 14.0. The van der Waals surface area contributed by atoms with Crippen LogP contribution in [0.5, 0.6) is 0 Å². The predicted molar refractivity (Wildman–Crippen MR) is 79.0 cm³/mol. The van der Waals surface area contributed by atoms with Gasteiger partial charge in [-0.2, -0.15) is 5.26 Å². The molecule has 1 heterocycles. The van der Waals surface area contributed by atoms with Crippen molar-refractivity contribution < 1.29 is 0 Å². The molecule has 0 aliphatic heterocycles. The number of pyridine rings is 1. The molecule has 0 amide bonds. The van der Waals surface area contributed by atoms with Crippen LogP contribution in [0.25, 0.3) is 11.1 Å². The van der Waals surface area contributed by atoms with Crippen molar-refractivity contribution >= 4 is 46.4 Å². The van der Waals surface area contributed by atoms with E-state index in [2.05, 4.69) is 4.98 Å². The summed E-state index contributed by atoms with van der Waals surface area (Å²) in [6.45, 7) is 0. The summed E-state index contributed by atoms with van der Waals surface area (Å²) in [6.07, 6.45) is 1.79. The Hall–Kier alpha value is -0.980. The highest BCUT2D eigenvalue weighted by Crippen LogP contribution is 2.35. The van der Waals surface area contributed by atoms with Crippen LogP contribution >= 0.6 is 46.4 Å². The maximum Gasteiger partial charge on any atom is 0.133 e. The van der Waals surface area contributed by atoms with Gasteiger partial charge in [-0.3, -0.25) is 0 Å². The monoisotopic (exact) mass is 330 g/mol. The van der Waals surface area contributed by atoms with E-state index < -0.39 is 0 Å². The second-order valence-electron chi connectivity index (χ2n) is 3.76. The predicted octanol–water partition coefficient (Wildman–Crippen LogP) is 5.43. The van der Waals surface area contributed by atoms with Crippen molar-refractivity contribution in [2.45, 2.75) is 6.42 Å². The summed E-state index contributed by atoms with van der Waals surface area (Å²) in [5.74, 6) is 0. The normalized spacial score (nSPS) is 10.3. The molecule has 2 rings (SSSR count). The fourth-order valence-corrected chi connectivity index (χ4v) is 2.35. The number of hydrogen-bond donors (Lipinski definition) is 0. The SMILES string of the molecule is N#CCc1cc(-c2cc(Cl)c(Cl)c(Cl)c2)cnc1Cl. The first-order valence-electron chi connectivity index (χ1n) is 5.19. The maximum atomic E-state index is 8.73. The molecule has 0 radical (unpaired) electrons. The molecule has 0 spiro atoms. The molecule has 0 unspecified atom stereocenters. The number of hydrogen-bond acceptors (Lipinski definition) is 2. The van der Waals surface area contributed by atoms with Crippen molar-refractivity contribution in [2.75, 3.05) is 0 Å². The molecule has 0 saturated carbocycles. The van der Waals surface area contributed by atoms with Crippen LogP contribution in [0.3, 0.4) is 0 Å². The molecule has 2 nitrogen and oxygen atoms in total. The topological polar surface area (TPSA) is 36.7 Å². The summed E-state index contributed by atoms with van der Waals surface area (Å²) in [5.41, 5.74) is 2.20. The number of rotatable bonds is 2. The summed E-state index contributed by atoms with van der Waals surface area (Å²) in [7, 11) is 0. The molecule has 0 fully saturated rings. The minimum atomic E-state index is 0.189. The standard InChI is InChI=1S/C13H6Cl4N2/c14-10-4-8(5-11(15)12(10)16)9-3-7(1-2-18)13(17)19-6-9/h3-6H,1H2. The number of nitrogens with zero attached hydrogens (tertiary/aromatic N) is 2. The Morgan fingerprint density at radius 3 is 2.21 bits per heavy atom. The molecule has 19 heavy (non-hydrogen) atoms. The van der Waals surface area contributed by atoms with E-state index in [-0.39, 0.29) is 6.42 Å². The van der Waals surface area contributed by atoms with Gasteiger partial charge in [0, 0.05) is 17.3 Å². The Morgan fingerprint density at radius 1 is 1.00 bits per heavy atom. The molecular formula is C13H6Cl4N2. The smallest absolute Gasteiger partial charge is 0.133 e. The summed E-state index contributed by atoms with van der Waals surface area (Å²) in [6, 6.07) is 7.21. The van der Waals surface area contributed by atoms with Crippen molar-refractivity contribution in [3.8, 4) is 17.2 Å². The molecule has 2 aromatic rings. The molecule has 0 bridgehead atoms. The number of halogens is 4. The number of aromatic nitrogens is 1. The van der Waals surface area contributed by atoms with Gasteiger partial charge < -0.3 is 0 Å². The Balaban J connectivity index is 2.54. The first kappa shape index (κ1) is 14.4. The molecule has 96 valence electrons. The highest BCUT2D eigenvalue weighted by Gasteiger charge is 2.10. The van der Waals surface area contributed by atoms with Gasteiger partial charge in [0.25, 0.3) is 0 Å². The lowest BCUT2D eigenvalue weighted by atomic mass is 10.1. The maximum absolute atomic E-state index is 8.73. The average molecular weight is 332 g/mol. The Labute approximate surface area is 130 Å². The lowest BCUT2D eigenvalue weighted by molar-refractivity contribution is 1.19. The molecule has 1 aromatic heterocycles. The third-order valence-corrected chi connectivity index (χ3v) is 4.04. The fourth-order valence-electron chi connectivity index (χ4n) is 1.58. The van der Waals surface area contributed by atoms with Crippen molar-refractivity contribution in [3.05, 3.63) is 50.2 Å². The van der Waals surface area contributed by atoms with Crippen molar-refractivity contribution in [1.82, 2.24) is 4.98 Å². The third kappa shape index (κ3) is 3.13. The second-order valence-corrected chi connectivity index (χ2v) is 5.31. The third-order valence-electron chi connectivity index (χ3n) is 2.50. The molecule has 1 aromatic carbocycles. The molecule has 0 atom stereocenters. The van der Waals surface area contributed by atoms with Crippen LogP contribution in [0.2, 0.25) is 20.2 Å². The average Bonchev–Trinajstić information content (AvgIpc) is 2.38. The van der Waals surface area contributed by atoms with Crippen LogP contribution in [0.4, 0.5) is 0 Å². The molecule has 0 aliphatic rings. The van der Waals surface area contributed by atoms with Crippen LogP contribution in [-0.2, 0) is 6.42 Å². The van der Waals surface area contributed by atoms with E-state index in [1.54, 1.807) is 24.4 Å². The van der Waals surface area contributed by atoms with Crippen LogP contribution in [0.1, 0.15) is 5.56 Å². The number of nitriles is 1. The van der Waals surface area contributed by atoms with Crippen molar-refractivity contribution in [2.24, 2.45) is 0 Å². The summed E-state index contributed by atoms with van der Waals surface area (Å²) in [5, 5.41) is 10.1. The van der Waals surface area contributed by atoms with Gasteiger partial charge >= 0.3 is 0 Å². The van der Waals surface area contributed by atoms with Gasteiger partial charge in [-0.15, -0.1) is 0 Å². The number of benzene rings is 1. The summed E-state index contributed by atoms with van der Waals surface area (Å²) >= 11 is 23.8. The zero-order valence-electron chi connectivity index (χ0n) is 9.42. The molecule has 6 heteroatoms. The molecule has 0 aliphatic carbocycles. The van der Waals surface area contributed by atoms with Crippen LogP contribution < -0.4 is 0 Å². The van der Waals surface area contributed by atoms with Gasteiger partial charge in [-0.25, -0.2) is 4.98 Å². The summed E-state index contributed by atoms with van der Waals surface area (Å²) in [4.78, 5) is 4.05. The van der Waals surface area contributed by atoms with Crippen LogP contribution in [0, 0.1) is 11.3 Å². The van der Waals surface area contributed by atoms with Crippen LogP contribution in [0.15, 0.2) is 24.4 Å². The van der Waals surface area contributed by atoms with E-state index in [0.717, 1.165) is 11.1 Å². The Bertz CT molecular complexity index is 654. The van der Waals surface area contributed by atoms with E-state index in [1.807, 2.05) is 6.07 Å². The van der Waals surface area contributed by atoms with Gasteiger partial charge in [0.2, 0.25) is 0 Å². The first-order chi connectivity index (χ1) is 9.02. The van der Waals surface area contributed by atoms with E-state index in [9.17, 15) is 0 Å². The zero-order valence-corrected chi connectivity index (χ0v) is 12.4. The van der Waals surface area contributed by atoms with Gasteiger partial charge in [0.1, 0.15) is 5.15 Å². The van der Waals surface area contributed by atoms with E-state index in [1.165, 1.54) is 0 Å². The van der Waals surface area contributed by atoms with Crippen LogP contribution in [-0.4, -0.2) is 4.98 Å². The van der Waals surface area contributed by atoms with Gasteiger partial charge in [-0.1, -0.05) is 46.4 Å². The highest BCUT2D eigenvalue weighted by atomic mass is 35.5. The Morgan fingerprint density at radius 2 is 1.63 bits per heavy atom. The van der Waals surface area contributed by atoms with Gasteiger partial charge in [-0.05, 0) is 23.8 Å². The lowest BCUT2D eigenvalue weighted by Crippen LogP contribution is -1.90.